The Morgan fingerprint density at radius 1 is 1.28 bits per heavy atom. The number of benzene rings is 1. The van der Waals surface area contributed by atoms with Gasteiger partial charge in [0.15, 0.2) is 0 Å². The number of carbonyl (C=O) groups excluding carboxylic acids is 1. The van der Waals surface area contributed by atoms with Crippen molar-refractivity contribution in [2.75, 3.05) is 27.2 Å². The average molecular weight is 425 g/mol. The molecule has 0 bridgehead atoms. The molecule has 4 rings (SSSR count). The predicted octanol–water partition coefficient (Wildman–Crippen LogP) is 3.64. The van der Waals surface area contributed by atoms with Gasteiger partial charge >= 0.3 is 0 Å². The van der Waals surface area contributed by atoms with E-state index < -0.39 is 0 Å². The van der Waals surface area contributed by atoms with Crippen molar-refractivity contribution in [1.82, 2.24) is 14.8 Å². The summed E-state index contributed by atoms with van der Waals surface area (Å²) in [5.74, 6) is 0.505. The Bertz CT molecular complexity index is 1100. The number of rotatable bonds is 4. The highest BCUT2D eigenvalue weighted by molar-refractivity contribution is 6.34. The molecule has 32 heavy (non-hydrogen) atoms. The van der Waals surface area contributed by atoms with E-state index in [1.165, 1.54) is 16.7 Å². The standard InChI is InChI=1S/C27H32BN3O/c1-17-14-21(27(32)30(4)5)6-7-22(17)20-9-12-31(13-10-20)19(3)23-16-24-25(28)8-11-29-26(24)15-18(23)2/h6-9,11,14,16,18-19H,10,12-13,15H2,1-5H3. The summed E-state index contributed by atoms with van der Waals surface area (Å²) in [6.07, 6.45) is 8.40. The third-order valence-corrected chi connectivity index (χ3v) is 6.98. The zero-order chi connectivity index (χ0) is 23.0. The van der Waals surface area contributed by atoms with Gasteiger partial charge in [-0.2, -0.15) is 0 Å². The van der Waals surface area contributed by atoms with E-state index in [0.717, 1.165) is 53.8 Å². The van der Waals surface area contributed by atoms with E-state index in [1.807, 2.05) is 24.4 Å². The fourth-order valence-corrected chi connectivity index (χ4v) is 5.02. The molecule has 0 saturated heterocycles. The molecule has 2 radical (unpaired) electrons. The zero-order valence-corrected chi connectivity index (χ0v) is 19.9. The van der Waals surface area contributed by atoms with Crippen LogP contribution in [0.15, 0.2) is 42.1 Å². The summed E-state index contributed by atoms with van der Waals surface area (Å²) in [5, 5.41) is 0. The maximum atomic E-state index is 12.3. The van der Waals surface area contributed by atoms with E-state index in [1.54, 1.807) is 19.0 Å². The third-order valence-electron chi connectivity index (χ3n) is 6.98. The number of nitrogens with zero attached hydrogens (tertiary/aromatic N) is 3. The summed E-state index contributed by atoms with van der Waals surface area (Å²) in [6.45, 7) is 8.65. The number of aromatic nitrogens is 1. The van der Waals surface area contributed by atoms with Crippen LogP contribution in [0, 0.1) is 12.8 Å². The average Bonchev–Trinajstić information content (AvgIpc) is 2.78. The van der Waals surface area contributed by atoms with Gasteiger partial charge in [0.05, 0.1) is 0 Å². The van der Waals surface area contributed by atoms with Crippen molar-refractivity contribution >= 4 is 30.9 Å². The smallest absolute Gasteiger partial charge is 0.253 e. The number of amides is 1. The van der Waals surface area contributed by atoms with Crippen molar-refractivity contribution in [2.24, 2.45) is 5.92 Å². The zero-order valence-electron chi connectivity index (χ0n) is 19.9. The van der Waals surface area contributed by atoms with Crippen LogP contribution in [-0.4, -0.2) is 61.8 Å². The van der Waals surface area contributed by atoms with E-state index in [9.17, 15) is 4.79 Å². The second-order valence-electron chi connectivity index (χ2n) is 9.39. The first kappa shape index (κ1) is 22.5. The van der Waals surface area contributed by atoms with Crippen LogP contribution in [0.1, 0.15) is 53.0 Å². The minimum Gasteiger partial charge on any atom is -0.345 e. The second-order valence-corrected chi connectivity index (χ2v) is 9.39. The van der Waals surface area contributed by atoms with Crippen LogP contribution in [-0.2, 0) is 6.42 Å². The van der Waals surface area contributed by atoms with E-state index in [2.05, 4.69) is 48.9 Å². The fraction of sp³-hybridized carbons (Fsp3) is 0.407. The quantitative estimate of drug-likeness (QED) is 0.702. The summed E-state index contributed by atoms with van der Waals surface area (Å²) in [7, 11) is 9.82. The van der Waals surface area contributed by atoms with Crippen LogP contribution in [0.5, 0.6) is 0 Å². The molecule has 2 aliphatic rings. The lowest BCUT2D eigenvalue weighted by molar-refractivity contribution is 0.0827. The van der Waals surface area contributed by atoms with Crippen molar-refractivity contribution < 1.29 is 4.79 Å². The molecule has 2 aromatic rings. The highest BCUT2D eigenvalue weighted by Gasteiger charge is 2.28. The van der Waals surface area contributed by atoms with Crippen LogP contribution in [0.4, 0.5) is 0 Å². The Morgan fingerprint density at radius 3 is 2.72 bits per heavy atom. The van der Waals surface area contributed by atoms with Crippen molar-refractivity contribution in [3.8, 4) is 0 Å². The molecule has 1 aliphatic carbocycles. The number of pyridine rings is 1. The summed E-state index contributed by atoms with van der Waals surface area (Å²) in [6, 6.07) is 8.32. The highest BCUT2D eigenvalue weighted by atomic mass is 16.2. The number of fused-ring (bicyclic) bond motifs is 1. The normalized spacial score (nSPS) is 19.6. The minimum atomic E-state index is 0.0459. The molecular weight excluding hydrogens is 393 g/mol. The van der Waals surface area contributed by atoms with Gasteiger partial charge in [0.25, 0.3) is 5.91 Å². The molecule has 1 amide bonds. The molecule has 0 N–H and O–H groups in total. The molecule has 1 aromatic carbocycles. The maximum absolute atomic E-state index is 12.3. The first-order chi connectivity index (χ1) is 15.3. The molecular formula is C27H32BN3O. The van der Waals surface area contributed by atoms with E-state index >= 15 is 0 Å². The van der Waals surface area contributed by atoms with Crippen molar-refractivity contribution in [3.63, 3.8) is 0 Å². The van der Waals surface area contributed by atoms with Gasteiger partial charge in [0.2, 0.25) is 0 Å². The van der Waals surface area contributed by atoms with Gasteiger partial charge in [-0.15, -0.1) is 0 Å². The van der Waals surface area contributed by atoms with Crippen LogP contribution in [0.3, 0.4) is 0 Å². The molecule has 0 fully saturated rings. The third kappa shape index (κ3) is 4.31. The summed E-state index contributed by atoms with van der Waals surface area (Å²) >= 11 is 0. The topological polar surface area (TPSA) is 36.4 Å². The molecule has 164 valence electrons. The Labute approximate surface area is 193 Å². The van der Waals surface area contributed by atoms with E-state index in [4.69, 9.17) is 7.85 Å². The lowest BCUT2D eigenvalue weighted by Gasteiger charge is -2.37. The van der Waals surface area contributed by atoms with Crippen LogP contribution >= 0.6 is 0 Å². The summed E-state index contributed by atoms with van der Waals surface area (Å²) in [4.78, 5) is 21.0. The Balaban J connectivity index is 1.51. The molecule has 4 nitrogen and oxygen atoms in total. The Morgan fingerprint density at radius 2 is 2.06 bits per heavy atom. The number of aryl methyl sites for hydroxylation is 1. The lowest BCUT2D eigenvalue weighted by atomic mass is 9.78. The van der Waals surface area contributed by atoms with E-state index in [-0.39, 0.29) is 5.91 Å². The first-order valence-corrected chi connectivity index (χ1v) is 11.5. The molecule has 0 saturated carbocycles. The second kappa shape index (κ2) is 9.07. The van der Waals surface area contributed by atoms with Gasteiger partial charge in [-0.25, -0.2) is 0 Å². The Hall–Kier alpha value is -2.66. The molecule has 0 spiro atoms. The van der Waals surface area contributed by atoms with Gasteiger partial charge in [-0.05, 0) is 72.6 Å². The molecule has 5 heteroatoms. The fourth-order valence-electron chi connectivity index (χ4n) is 5.02. The largest absolute Gasteiger partial charge is 0.345 e. The maximum Gasteiger partial charge on any atom is 0.253 e. The van der Waals surface area contributed by atoms with Gasteiger partial charge in [-0.1, -0.05) is 36.7 Å². The summed E-state index contributed by atoms with van der Waals surface area (Å²) in [5.41, 5.74) is 9.01. The minimum absolute atomic E-state index is 0.0459. The summed E-state index contributed by atoms with van der Waals surface area (Å²) < 4.78 is 0. The van der Waals surface area contributed by atoms with Crippen molar-refractivity contribution in [3.05, 3.63) is 70.1 Å². The van der Waals surface area contributed by atoms with Crippen LogP contribution < -0.4 is 5.46 Å². The molecule has 2 heterocycles. The van der Waals surface area contributed by atoms with Gasteiger partial charge in [0, 0.05) is 50.7 Å². The molecule has 1 aliphatic heterocycles. The van der Waals surface area contributed by atoms with Crippen molar-refractivity contribution in [1.29, 1.82) is 0 Å². The SMILES string of the molecule is [B]c1ccnc2c1C=C(C(C)N1CC=C(c3ccc(C(=O)N(C)C)cc3C)CC1)C(C)C2. The Kier molecular flexibility index (Phi) is 6.39. The van der Waals surface area contributed by atoms with Gasteiger partial charge in [0.1, 0.15) is 7.85 Å². The highest BCUT2D eigenvalue weighted by Crippen LogP contribution is 2.33. The van der Waals surface area contributed by atoms with Crippen LogP contribution in [0.25, 0.3) is 11.6 Å². The molecule has 1 aromatic heterocycles. The number of carbonyl (C=O) groups is 1. The lowest BCUT2D eigenvalue weighted by Crippen LogP contribution is -2.40. The van der Waals surface area contributed by atoms with Crippen LogP contribution in [0.2, 0.25) is 0 Å². The van der Waals surface area contributed by atoms with Gasteiger partial charge < -0.3 is 4.90 Å². The van der Waals surface area contributed by atoms with Gasteiger partial charge in [-0.3, -0.25) is 14.7 Å². The predicted molar refractivity (Wildman–Crippen MR) is 133 cm³/mol. The number of hydrogen-bond acceptors (Lipinski definition) is 3. The van der Waals surface area contributed by atoms with E-state index in [0.29, 0.717) is 12.0 Å². The number of hydrogen-bond donors (Lipinski definition) is 0. The first-order valence-electron chi connectivity index (χ1n) is 11.5. The molecule has 2 unspecified atom stereocenters. The molecule has 2 atom stereocenters. The van der Waals surface area contributed by atoms with Crippen molar-refractivity contribution in [2.45, 2.75) is 39.7 Å². The monoisotopic (exact) mass is 425 g/mol.